The normalized spacial score (nSPS) is 27.4. The molecule has 1 atom stereocenters. The van der Waals surface area contributed by atoms with Gasteiger partial charge in [0.05, 0.1) is 0 Å². The van der Waals surface area contributed by atoms with Gasteiger partial charge < -0.3 is 10.6 Å². The lowest BCUT2D eigenvalue weighted by Crippen LogP contribution is -2.33. The summed E-state index contributed by atoms with van der Waals surface area (Å²) in [7, 11) is 4.37. The Balaban J connectivity index is 2.12. The number of hydrogen-bond donors (Lipinski definition) is 1. The van der Waals surface area contributed by atoms with Crippen LogP contribution in [0.1, 0.15) is 36.6 Å². The number of nitrogens with two attached hydrogens (primary N) is 1. The third-order valence-corrected chi connectivity index (χ3v) is 5.46. The molecule has 1 fully saturated rings. The van der Waals surface area contributed by atoms with E-state index in [0.29, 0.717) is 12.1 Å². The van der Waals surface area contributed by atoms with Crippen LogP contribution in [0.4, 0.5) is 0 Å². The Morgan fingerprint density at radius 3 is 2.47 bits per heavy atom. The van der Waals surface area contributed by atoms with Crippen molar-refractivity contribution in [1.82, 2.24) is 4.90 Å². The first kappa shape index (κ1) is 13.5. The van der Waals surface area contributed by atoms with Crippen LogP contribution in [0.2, 0.25) is 0 Å². The lowest BCUT2D eigenvalue weighted by Gasteiger charge is -2.35. The van der Waals surface area contributed by atoms with Crippen LogP contribution in [0.3, 0.4) is 0 Å². The zero-order valence-electron chi connectivity index (χ0n) is 10.5. The second-order valence-corrected chi connectivity index (χ2v) is 7.11. The van der Waals surface area contributed by atoms with E-state index < -0.39 is 0 Å². The van der Waals surface area contributed by atoms with Gasteiger partial charge in [-0.3, -0.25) is 0 Å². The largest absolute Gasteiger partial charge is 0.328 e. The quantitative estimate of drug-likeness (QED) is 0.922. The van der Waals surface area contributed by atoms with Gasteiger partial charge in [-0.25, -0.2) is 0 Å². The number of hydrogen-bond acceptors (Lipinski definition) is 3. The fraction of sp³-hybridized carbons (Fsp3) is 0.692. The van der Waals surface area contributed by atoms with Gasteiger partial charge in [0.2, 0.25) is 0 Å². The number of nitrogens with zero attached hydrogens (tertiary/aromatic N) is 1. The Morgan fingerprint density at radius 2 is 2.00 bits per heavy atom. The van der Waals surface area contributed by atoms with E-state index in [1.807, 2.05) is 11.3 Å². The molecule has 4 heteroatoms. The number of thiophene rings is 1. The first-order chi connectivity index (χ1) is 8.08. The van der Waals surface area contributed by atoms with Crippen LogP contribution in [-0.2, 0) is 0 Å². The zero-order valence-corrected chi connectivity index (χ0v) is 12.9. The lowest BCUT2D eigenvalue weighted by atomic mass is 9.81. The topological polar surface area (TPSA) is 29.3 Å². The van der Waals surface area contributed by atoms with E-state index in [2.05, 4.69) is 46.4 Å². The molecule has 2 rings (SSSR count). The van der Waals surface area contributed by atoms with Crippen molar-refractivity contribution < 1.29 is 0 Å². The maximum Gasteiger partial charge on any atom is 0.0464 e. The minimum absolute atomic E-state index is 0.434. The highest BCUT2D eigenvalue weighted by molar-refractivity contribution is 9.10. The van der Waals surface area contributed by atoms with Gasteiger partial charge >= 0.3 is 0 Å². The van der Waals surface area contributed by atoms with Gasteiger partial charge in [0.25, 0.3) is 0 Å². The molecule has 1 aliphatic rings. The molecule has 0 aliphatic heterocycles. The Hall–Kier alpha value is 0.1000. The van der Waals surface area contributed by atoms with Crippen molar-refractivity contribution >= 4 is 27.3 Å². The Morgan fingerprint density at radius 1 is 1.35 bits per heavy atom. The highest BCUT2D eigenvalue weighted by Crippen LogP contribution is 2.39. The molecular formula is C13H21BrN2S. The van der Waals surface area contributed by atoms with Crippen LogP contribution in [0.15, 0.2) is 15.9 Å². The number of halogens is 1. The SMILES string of the molecule is CN(C)C(c1cc(Br)cs1)C1CCC(N)CC1. The minimum atomic E-state index is 0.434. The summed E-state index contributed by atoms with van der Waals surface area (Å²) in [5.74, 6) is 0.760. The highest BCUT2D eigenvalue weighted by atomic mass is 79.9. The second kappa shape index (κ2) is 5.83. The summed E-state index contributed by atoms with van der Waals surface area (Å²) in [6.45, 7) is 0. The van der Waals surface area contributed by atoms with E-state index in [-0.39, 0.29) is 0 Å². The van der Waals surface area contributed by atoms with Crippen molar-refractivity contribution in [2.75, 3.05) is 14.1 Å². The summed E-state index contributed by atoms with van der Waals surface area (Å²) in [4.78, 5) is 3.84. The van der Waals surface area contributed by atoms with Crippen molar-refractivity contribution in [2.45, 2.75) is 37.8 Å². The highest BCUT2D eigenvalue weighted by Gasteiger charge is 2.29. The summed E-state index contributed by atoms with van der Waals surface area (Å²) >= 11 is 5.42. The fourth-order valence-electron chi connectivity index (χ4n) is 2.85. The van der Waals surface area contributed by atoms with Gasteiger partial charge in [-0.05, 0) is 67.7 Å². The third-order valence-electron chi connectivity index (χ3n) is 3.70. The van der Waals surface area contributed by atoms with Gasteiger partial charge in [-0.15, -0.1) is 11.3 Å². The van der Waals surface area contributed by atoms with E-state index in [1.165, 1.54) is 35.0 Å². The summed E-state index contributed by atoms with van der Waals surface area (Å²) < 4.78 is 1.21. The molecule has 1 aliphatic carbocycles. The Labute approximate surface area is 116 Å². The van der Waals surface area contributed by atoms with Crippen molar-refractivity contribution in [3.8, 4) is 0 Å². The van der Waals surface area contributed by atoms with Gasteiger partial charge in [0, 0.05) is 26.8 Å². The molecule has 0 saturated heterocycles. The van der Waals surface area contributed by atoms with E-state index >= 15 is 0 Å². The van der Waals surface area contributed by atoms with Gasteiger partial charge in [0.15, 0.2) is 0 Å². The van der Waals surface area contributed by atoms with Crippen LogP contribution in [-0.4, -0.2) is 25.0 Å². The minimum Gasteiger partial charge on any atom is -0.328 e. The molecule has 17 heavy (non-hydrogen) atoms. The molecule has 1 unspecified atom stereocenters. The molecular weight excluding hydrogens is 296 g/mol. The van der Waals surface area contributed by atoms with Gasteiger partial charge in [-0.2, -0.15) is 0 Å². The monoisotopic (exact) mass is 316 g/mol. The molecule has 0 amide bonds. The molecule has 1 aromatic heterocycles. The standard InChI is InChI=1S/C13H21BrN2S/c1-16(2)13(12-7-10(14)8-17-12)9-3-5-11(15)6-4-9/h7-9,11,13H,3-6,15H2,1-2H3. The first-order valence-electron chi connectivity index (χ1n) is 6.24. The van der Waals surface area contributed by atoms with Crippen LogP contribution < -0.4 is 5.73 Å². The summed E-state index contributed by atoms with van der Waals surface area (Å²) in [6, 6.07) is 3.26. The van der Waals surface area contributed by atoms with E-state index in [9.17, 15) is 0 Å². The molecule has 0 aromatic carbocycles. The molecule has 1 heterocycles. The van der Waals surface area contributed by atoms with Crippen molar-refractivity contribution in [3.63, 3.8) is 0 Å². The van der Waals surface area contributed by atoms with Crippen molar-refractivity contribution in [3.05, 3.63) is 20.8 Å². The smallest absolute Gasteiger partial charge is 0.0464 e. The lowest BCUT2D eigenvalue weighted by molar-refractivity contribution is 0.167. The molecule has 96 valence electrons. The van der Waals surface area contributed by atoms with Crippen molar-refractivity contribution in [1.29, 1.82) is 0 Å². The second-order valence-electron chi connectivity index (χ2n) is 5.25. The fourth-order valence-corrected chi connectivity index (χ4v) is 4.59. The zero-order chi connectivity index (χ0) is 12.4. The molecule has 2 nitrogen and oxygen atoms in total. The van der Waals surface area contributed by atoms with E-state index in [1.54, 1.807) is 0 Å². The number of rotatable bonds is 3. The summed E-state index contributed by atoms with van der Waals surface area (Å²) in [5.41, 5.74) is 6.00. The van der Waals surface area contributed by atoms with Crippen LogP contribution >= 0.6 is 27.3 Å². The average Bonchev–Trinajstić information content (AvgIpc) is 2.68. The van der Waals surface area contributed by atoms with E-state index in [4.69, 9.17) is 5.73 Å². The molecule has 1 aromatic rings. The van der Waals surface area contributed by atoms with Crippen LogP contribution in [0.5, 0.6) is 0 Å². The average molecular weight is 317 g/mol. The maximum absolute atomic E-state index is 6.00. The van der Waals surface area contributed by atoms with Gasteiger partial charge in [-0.1, -0.05) is 0 Å². The predicted molar refractivity (Wildman–Crippen MR) is 78.4 cm³/mol. The Bertz CT molecular complexity index is 356. The molecule has 0 radical (unpaired) electrons. The molecule has 0 bridgehead atoms. The van der Waals surface area contributed by atoms with Crippen LogP contribution in [0.25, 0.3) is 0 Å². The predicted octanol–water partition coefficient (Wildman–Crippen LogP) is 3.63. The molecule has 0 spiro atoms. The Kier molecular flexibility index (Phi) is 4.64. The maximum atomic E-state index is 6.00. The molecule has 1 saturated carbocycles. The summed E-state index contributed by atoms with van der Waals surface area (Å²) in [6.07, 6.45) is 4.89. The third kappa shape index (κ3) is 3.31. The van der Waals surface area contributed by atoms with Crippen molar-refractivity contribution in [2.24, 2.45) is 11.7 Å². The first-order valence-corrected chi connectivity index (χ1v) is 7.91. The molecule has 2 N–H and O–H groups in total. The summed E-state index contributed by atoms with van der Waals surface area (Å²) in [5, 5.41) is 2.18. The van der Waals surface area contributed by atoms with Gasteiger partial charge in [0.1, 0.15) is 0 Å². The van der Waals surface area contributed by atoms with E-state index in [0.717, 1.165) is 5.92 Å². The van der Waals surface area contributed by atoms with Crippen LogP contribution in [0, 0.1) is 5.92 Å².